The van der Waals surface area contributed by atoms with E-state index in [2.05, 4.69) is 35.0 Å². The van der Waals surface area contributed by atoms with Crippen LogP contribution < -0.4 is 10.0 Å². The SMILES string of the molecule is Fc1ccc(NSCC(F)(F)F)c(F)c1Nc1ncccc1-c1ncnc2[nH]cnc12. The first-order valence-corrected chi connectivity index (χ1v) is 9.61. The van der Waals surface area contributed by atoms with Crippen LogP contribution in [0.3, 0.4) is 0 Å². The summed E-state index contributed by atoms with van der Waals surface area (Å²) in [5.41, 5.74) is 0.768. The lowest BCUT2D eigenvalue weighted by Crippen LogP contribution is -2.12. The van der Waals surface area contributed by atoms with E-state index in [0.29, 0.717) is 22.4 Å². The third-order valence-electron chi connectivity index (χ3n) is 4.03. The van der Waals surface area contributed by atoms with Crippen LogP contribution >= 0.6 is 11.9 Å². The van der Waals surface area contributed by atoms with E-state index in [0.717, 1.165) is 12.1 Å². The molecule has 13 heteroatoms. The number of anilines is 3. The third-order valence-corrected chi connectivity index (χ3v) is 4.87. The fraction of sp³-hybridized carbons (Fsp3) is 0.111. The minimum Gasteiger partial charge on any atom is -0.335 e. The summed E-state index contributed by atoms with van der Waals surface area (Å²) in [5, 5.41) is 2.58. The molecular formula is C18H12F5N7S. The van der Waals surface area contributed by atoms with Gasteiger partial charge in [0.1, 0.15) is 40.6 Å². The molecule has 3 N–H and O–H groups in total. The number of hydrogen-bond donors (Lipinski definition) is 3. The van der Waals surface area contributed by atoms with Gasteiger partial charge < -0.3 is 15.0 Å². The van der Waals surface area contributed by atoms with Crippen molar-refractivity contribution in [1.82, 2.24) is 24.9 Å². The quantitative estimate of drug-likeness (QED) is 0.278. The van der Waals surface area contributed by atoms with Crippen molar-refractivity contribution >= 4 is 40.3 Å². The molecule has 0 aliphatic carbocycles. The van der Waals surface area contributed by atoms with Crippen LogP contribution in [-0.4, -0.2) is 36.8 Å². The lowest BCUT2D eigenvalue weighted by molar-refractivity contribution is -0.105. The van der Waals surface area contributed by atoms with E-state index in [1.807, 2.05) is 0 Å². The Balaban J connectivity index is 1.68. The average Bonchev–Trinajstić information content (AvgIpc) is 3.21. The molecule has 0 fully saturated rings. The zero-order chi connectivity index (χ0) is 22.0. The van der Waals surface area contributed by atoms with Crippen LogP contribution in [0.5, 0.6) is 0 Å². The summed E-state index contributed by atoms with van der Waals surface area (Å²) < 4.78 is 68.5. The number of benzene rings is 1. The number of imidazole rings is 1. The van der Waals surface area contributed by atoms with E-state index in [1.54, 1.807) is 12.1 Å². The van der Waals surface area contributed by atoms with Gasteiger partial charge in [0.05, 0.1) is 12.0 Å². The Kier molecular flexibility index (Phi) is 5.59. The van der Waals surface area contributed by atoms with Crippen molar-refractivity contribution in [3.63, 3.8) is 0 Å². The van der Waals surface area contributed by atoms with Crippen molar-refractivity contribution in [3.8, 4) is 11.3 Å². The maximum absolute atomic E-state index is 14.8. The fourth-order valence-corrected chi connectivity index (χ4v) is 3.27. The predicted molar refractivity (Wildman–Crippen MR) is 107 cm³/mol. The third kappa shape index (κ3) is 4.50. The highest BCUT2D eigenvalue weighted by atomic mass is 32.2. The number of pyridine rings is 1. The van der Waals surface area contributed by atoms with Crippen molar-refractivity contribution in [3.05, 3.63) is 54.8 Å². The summed E-state index contributed by atoms with van der Waals surface area (Å²) in [4.78, 5) is 19.4. The van der Waals surface area contributed by atoms with E-state index < -0.39 is 29.3 Å². The van der Waals surface area contributed by atoms with E-state index in [1.165, 1.54) is 18.9 Å². The molecule has 3 heterocycles. The summed E-state index contributed by atoms with van der Waals surface area (Å²) >= 11 is 0.241. The number of H-pyrrole nitrogens is 1. The molecule has 0 saturated carbocycles. The summed E-state index contributed by atoms with van der Waals surface area (Å²) in [6.45, 7) is 0. The number of aromatic amines is 1. The molecule has 31 heavy (non-hydrogen) atoms. The molecule has 0 atom stereocenters. The van der Waals surface area contributed by atoms with Crippen molar-refractivity contribution in [2.75, 3.05) is 15.8 Å². The number of fused-ring (bicyclic) bond motifs is 1. The van der Waals surface area contributed by atoms with Crippen molar-refractivity contribution in [1.29, 1.82) is 0 Å². The second kappa shape index (κ2) is 8.34. The van der Waals surface area contributed by atoms with Gasteiger partial charge in [0.2, 0.25) is 0 Å². The molecule has 0 bridgehead atoms. The van der Waals surface area contributed by atoms with Gasteiger partial charge in [-0.1, -0.05) is 0 Å². The summed E-state index contributed by atoms with van der Waals surface area (Å²) in [6.07, 6.45) is -0.297. The second-order valence-corrected chi connectivity index (χ2v) is 6.92. The number of alkyl halides is 3. The molecule has 0 aliphatic heterocycles. The Labute approximate surface area is 175 Å². The van der Waals surface area contributed by atoms with E-state index in [4.69, 9.17) is 0 Å². The van der Waals surface area contributed by atoms with Crippen LogP contribution in [0.1, 0.15) is 0 Å². The van der Waals surface area contributed by atoms with Gasteiger partial charge in [0.15, 0.2) is 11.5 Å². The van der Waals surface area contributed by atoms with Crippen LogP contribution in [0, 0.1) is 11.6 Å². The summed E-state index contributed by atoms with van der Waals surface area (Å²) in [5.74, 6) is -3.22. The Morgan fingerprint density at radius 2 is 1.87 bits per heavy atom. The molecule has 0 radical (unpaired) electrons. The topological polar surface area (TPSA) is 91.4 Å². The van der Waals surface area contributed by atoms with Crippen molar-refractivity contribution < 1.29 is 22.0 Å². The summed E-state index contributed by atoms with van der Waals surface area (Å²) in [7, 11) is 0. The van der Waals surface area contributed by atoms with Gasteiger partial charge in [-0.2, -0.15) is 13.2 Å². The molecule has 0 saturated heterocycles. The number of rotatable bonds is 6. The van der Waals surface area contributed by atoms with Gasteiger partial charge in [0.25, 0.3) is 0 Å². The van der Waals surface area contributed by atoms with Crippen molar-refractivity contribution in [2.45, 2.75) is 6.18 Å². The molecule has 4 rings (SSSR count). The molecule has 3 aromatic heterocycles. The number of aromatic nitrogens is 5. The molecule has 0 unspecified atom stereocenters. The highest BCUT2D eigenvalue weighted by Gasteiger charge is 2.27. The van der Waals surface area contributed by atoms with Crippen LogP contribution in [0.25, 0.3) is 22.4 Å². The predicted octanol–water partition coefficient (Wildman–Crippen LogP) is 5.06. The zero-order valence-corrected chi connectivity index (χ0v) is 16.2. The molecule has 1 aromatic carbocycles. The van der Waals surface area contributed by atoms with Gasteiger partial charge in [0, 0.05) is 11.8 Å². The molecule has 0 aliphatic rings. The normalized spacial score (nSPS) is 11.6. The largest absolute Gasteiger partial charge is 0.399 e. The van der Waals surface area contributed by atoms with Crippen LogP contribution in [-0.2, 0) is 0 Å². The molecular weight excluding hydrogens is 441 g/mol. The number of nitrogens with zero attached hydrogens (tertiary/aromatic N) is 4. The highest BCUT2D eigenvalue weighted by Crippen LogP contribution is 2.34. The number of nitrogens with one attached hydrogen (secondary N) is 3. The monoisotopic (exact) mass is 453 g/mol. The first-order chi connectivity index (χ1) is 14.8. The highest BCUT2D eigenvalue weighted by molar-refractivity contribution is 8.00. The van der Waals surface area contributed by atoms with E-state index in [-0.39, 0.29) is 23.5 Å². The molecule has 160 valence electrons. The average molecular weight is 453 g/mol. The lowest BCUT2D eigenvalue weighted by atomic mass is 10.1. The van der Waals surface area contributed by atoms with E-state index in [9.17, 15) is 22.0 Å². The van der Waals surface area contributed by atoms with Crippen LogP contribution in [0.4, 0.5) is 39.1 Å². The second-order valence-electron chi connectivity index (χ2n) is 6.14. The summed E-state index contributed by atoms with van der Waals surface area (Å²) in [6, 6.07) is 5.18. The minimum absolute atomic E-state index is 0.0726. The smallest absolute Gasteiger partial charge is 0.335 e. The standard InChI is InChI=1S/C18H12F5N7S/c19-10-3-4-11(30-31-6-18(21,22)23)12(20)14(10)29-16-9(2-1-5-24-16)13-15-17(27-7-25-13)28-8-26-15/h1-5,7-8,30H,6H2,(H,24,29)(H,25,26,27,28). The molecule has 4 aromatic rings. The van der Waals surface area contributed by atoms with Gasteiger partial charge in [-0.25, -0.2) is 28.7 Å². The van der Waals surface area contributed by atoms with Gasteiger partial charge in [-0.15, -0.1) is 0 Å². The number of hydrogen-bond acceptors (Lipinski definition) is 7. The lowest BCUT2D eigenvalue weighted by Gasteiger charge is -2.15. The minimum atomic E-state index is -4.44. The zero-order valence-electron chi connectivity index (χ0n) is 15.3. The Hall–Kier alpha value is -3.48. The van der Waals surface area contributed by atoms with E-state index >= 15 is 0 Å². The first-order valence-electron chi connectivity index (χ1n) is 8.62. The fourth-order valence-electron chi connectivity index (χ4n) is 2.72. The molecule has 0 spiro atoms. The van der Waals surface area contributed by atoms with Gasteiger partial charge in [-0.3, -0.25) is 0 Å². The molecule has 7 nitrogen and oxygen atoms in total. The van der Waals surface area contributed by atoms with Crippen LogP contribution in [0.15, 0.2) is 43.1 Å². The Morgan fingerprint density at radius 1 is 1.03 bits per heavy atom. The first kappa shape index (κ1) is 20.8. The maximum Gasteiger partial charge on any atom is 0.399 e. The Morgan fingerprint density at radius 3 is 2.68 bits per heavy atom. The maximum atomic E-state index is 14.8. The Bertz CT molecular complexity index is 1230. The van der Waals surface area contributed by atoms with Gasteiger partial charge in [-0.05, 0) is 36.2 Å². The van der Waals surface area contributed by atoms with Crippen LogP contribution in [0.2, 0.25) is 0 Å². The van der Waals surface area contributed by atoms with Gasteiger partial charge >= 0.3 is 6.18 Å². The van der Waals surface area contributed by atoms with Crippen molar-refractivity contribution in [2.24, 2.45) is 0 Å². The molecule has 0 amide bonds. The number of halogens is 5.